The lowest BCUT2D eigenvalue weighted by molar-refractivity contribution is -0.105. The molecule has 1 heterocycles. The summed E-state index contributed by atoms with van der Waals surface area (Å²) in [6.45, 7) is 0. The molecule has 17 heavy (non-hydrogen) atoms. The monoisotopic (exact) mass is 247 g/mol. The third-order valence-corrected chi connectivity index (χ3v) is 3.12. The highest BCUT2D eigenvalue weighted by atomic mass is 32.1. The third kappa shape index (κ3) is 2.62. The Balaban J connectivity index is 2.31. The minimum atomic E-state index is 0.616. The molecule has 0 aliphatic carbocycles. The summed E-state index contributed by atoms with van der Waals surface area (Å²) in [7, 11) is 4.00. The first-order chi connectivity index (χ1) is 8.20. The largest absolute Gasteiger partial charge is 0.378 e. The van der Waals surface area contributed by atoms with Crippen molar-refractivity contribution < 1.29 is 4.79 Å². The highest BCUT2D eigenvalue weighted by molar-refractivity contribution is 7.14. The molecule has 4 nitrogen and oxygen atoms in total. The second-order valence-corrected chi connectivity index (χ2v) is 4.60. The van der Waals surface area contributed by atoms with Crippen molar-refractivity contribution in [2.45, 2.75) is 0 Å². The molecular weight excluding hydrogens is 234 g/mol. The topological polar surface area (TPSA) is 45.2 Å². The highest BCUT2D eigenvalue weighted by Gasteiger charge is 2.05. The average molecular weight is 247 g/mol. The number of carbonyl (C=O) groups is 1. The molecule has 5 heteroatoms. The zero-order valence-electron chi connectivity index (χ0n) is 9.68. The van der Waals surface area contributed by atoms with Crippen LogP contribution >= 0.6 is 11.3 Å². The lowest BCUT2D eigenvalue weighted by Crippen LogP contribution is -2.08. The number of hydrogen-bond acceptors (Lipinski definition) is 4. The fourth-order valence-corrected chi connectivity index (χ4v) is 2.15. The second kappa shape index (κ2) is 4.97. The van der Waals surface area contributed by atoms with Crippen LogP contribution in [0.4, 0.5) is 10.8 Å². The first kappa shape index (κ1) is 11.6. The number of hydrogen-bond donors (Lipinski definition) is 1. The van der Waals surface area contributed by atoms with Crippen LogP contribution in [-0.2, 0) is 4.79 Å². The van der Waals surface area contributed by atoms with E-state index in [1.54, 1.807) is 0 Å². The van der Waals surface area contributed by atoms with Gasteiger partial charge in [0.2, 0.25) is 6.41 Å². The molecule has 1 N–H and O–H groups in total. The zero-order valence-corrected chi connectivity index (χ0v) is 10.5. The standard InChI is InChI=1S/C12H13N3OS/c1-15(2)10-5-3-4-9(6-10)11-7-17-12(14-11)13-8-16/h3-8H,1-2H3,(H,13,14,16). The van der Waals surface area contributed by atoms with E-state index in [9.17, 15) is 4.79 Å². The van der Waals surface area contributed by atoms with Crippen molar-refractivity contribution in [1.82, 2.24) is 4.98 Å². The third-order valence-electron chi connectivity index (χ3n) is 2.34. The van der Waals surface area contributed by atoms with Crippen LogP contribution in [0.2, 0.25) is 0 Å². The second-order valence-electron chi connectivity index (χ2n) is 3.74. The van der Waals surface area contributed by atoms with E-state index < -0.39 is 0 Å². The van der Waals surface area contributed by atoms with Gasteiger partial charge in [-0.2, -0.15) is 0 Å². The van der Waals surface area contributed by atoms with E-state index in [0.29, 0.717) is 11.5 Å². The van der Waals surface area contributed by atoms with Gasteiger partial charge in [-0.1, -0.05) is 12.1 Å². The summed E-state index contributed by atoms with van der Waals surface area (Å²) < 4.78 is 0. The smallest absolute Gasteiger partial charge is 0.213 e. The van der Waals surface area contributed by atoms with Crippen molar-refractivity contribution in [3.05, 3.63) is 29.6 Å². The number of anilines is 2. The molecule has 0 saturated carbocycles. The Morgan fingerprint density at radius 3 is 2.94 bits per heavy atom. The van der Waals surface area contributed by atoms with Crippen LogP contribution in [-0.4, -0.2) is 25.5 Å². The summed E-state index contributed by atoms with van der Waals surface area (Å²) in [5.74, 6) is 0. The van der Waals surface area contributed by atoms with Gasteiger partial charge in [-0.15, -0.1) is 11.3 Å². The molecule has 1 aromatic heterocycles. The van der Waals surface area contributed by atoms with Crippen molar-refractivity contribution >= 4 is 28.6 Å². The molecule has 2 aromatic rings. The van der Waals surface area contributed by atoms with Crippen LogP contribution in [0, 0.1) is 0 Å². The van der Waals surface area contributed by atoms with Gasteiger partial charge in [-0.05, 0) is 12.1 Å². The number of nitrogens with one attached hydrogen (secondary N) is 1. The van der Waals surface area contributed by atoms with Crippen LogP contribution in [0.15, 0.2) is 29.6 Å². The molecule has 0 atom stereocenters. The molecule has 0 aliphatic rings. The lowest BCUT2D eigenvalue weighted by Gasteiger charge is -2.12. The molecule has 1 amide bonds. The Kier molecular flexibility index (Phi) is 3.39. The van der Waals surface area contributed by atoms with Gasteiger partial charge >= 0.3 is 0 Å². The van der Waals surface area contributed by atoms with E-state index >= 15 is 0 Å². The minimum Gasteiger partial charge on any atom is -0.378 e. The van der Waals surface area contributed by atoms with E-state index in [1.165, 1.54) is 11.3 Å². The van der Waals surface area contributed by atoms with Gasteiger partial charge in [0.15, 0.2) is 5.13 Å². The van der Waals surface area contributed by atoms with Gasteiger partial charge < -0.3 is 10.2 Å². The fourth-order valence-electron chi connectivity index (χ4n) is 1.47. The van der Waals surface area contributed by atoms with Gasteiger partial charge in [-0.25, -0.2) is 4.98 Å². The fraction of sp³-hybridized carbons (Fsp3) is 0.167. The van der Waals surface area contributed by atoms with E-state index in [-0.39, 0.29) is 0 Å². The maximum Gasteiger partial charge on any atom is 0.213 e. The van der Waals surface area contributed by atoms with E-state index in [1.807, 2.05) is 42.6 Å². The van der Waals surface area contributed by atoms with Gasteiger partial charge in [0.25, 0.3) is 0 Å². The molecule has 0 fully saturated rings. The zero-order chi connectivity index (χ0) is 12.3. The van der Waals surface area contributed by atoms with Gasteiger partial charge in [0.1, 0.15) is 0 Å². The van der Waals surface area contributed by atoms with Crippen LogP contribution in [0.25, 0.3) is 11.3 Å². The van der Waals surface area contributed by atoms with Crippen LogP contribution in [0.3, 0.4) is 0 Å². The van der Waals surface area contributed by atoms with E-state index in [4.69, 9.17) is 0 Å². The van der Waals surface area contributed by atoms with Crippen LogP contribution in [0.5, 0.6) is 0 Å². The van der Waals surface area contributed by atoms with E-state index in [2.05, 4.69) is 16.4 Å². The minimum absolute atomic E-state index is 0.616. The van der Waals surface area contributed by atoms with Crippen molar-refractivity contribution in [2.24, 2.45) is 0 Å². The maximum absolute atomic E-state index is 10.3. The normalized spacial score (nSPS) is 10.0. The lowest BCUT2D eigenvalue weighted by atomic mass is 10.1. The van der Waals surface area contributed by atoms with Gasteiger partial charge in [0, 0.05) is 30.7 Å². The maximum atomic E-state index is 10.3. The number of nitrogens with zero attached hydrogens (tertiary/aromatic N) is 2. The highest BCUT2D eigenvalue weighted by Crippen LogP contribution is 2.27. The average Bonchev–Trinajstić information content (AvgIpc) is 2.78. The quantitative estimate of drug-likeness (QED) is 0.844. The van der Waals surface area contributed by atoms with Crippen LogP contribution < -0.4 is 10.2 Å². The molecule has 2 rings (SSSR count). The first-order valence-corrected chi connectivity index (χ1v) is 6.02. The van der Waals surface area contributed by atoms with Crippen molar-refractivity contribution in [2.75, 3.05) is 24.3 Å². The van der Waals surface area contributed by atoms with E-state index in [0.717, 1.165) is 16.9 Å². The number of carbonyl (C=O) groups excluding carboxylic acids is 1. The molecule has 1 aromatic carbocycles. The Morgan fingerprint density at radius 2 is 2.24 bits per heavy atom. The van der Waals surface area contributed by atoms with Crippen molar-refractivity contribution in [1.29, 1.82) is 0 Å². The predicted octanol–water partition coefficient (Wildman–Crippen LogP) is 2.44. The van der Waals surface area contributed by atoms with Crippen LogP contribution in [0.1, 0.15) is 0 Å². The number of thiazole rings is 1. The molecule has 0 spiro atoms. The predicted molar refractivity (Wildman–Crippen MR) is 71.6 cm³/mol. The van der Waals surface area contributed by atoms with Gasteiger partial charge in [-0.3, -0.25) is 4.79 Å². The molecule has 0 radical (unpaired) electrons. The molecule has 88 valence electrons. The molecule has 0 aliphatic heterocycles. The summed E-state index contributed by atoms with van der Waals surface area (Å²) >= 11 is 1.42. The summed E-state index contributed by atoms with van der Waals surface area (Å²) in [6.07, 6.45) is 0.638. The Hall–Kier alpha value is -1.88. The molecule has 0 bridgehead atoms. The number of amides is 1. The Bertz CT molecular complexity index is 522. The number of rotatable bonds is 4. The summed E-state index contributed by atoms with van der Waals surface area (Å²) in [4.78, 5) is 16.7. The van der Waals surface area contributed by atoms with Crippen molar-refractivity contribution in [3.63, 3.8) is 0 Å². The molecule has 0 unspecified atom stereocenters. The summed E-state index contributed by atoms with van der Waals surface area (Å²) in [5.41, 5.74) is 3.05. The number of aromatic nitrogens is 1. The Labute approximate surface area is 104 Å². The van der Waals surface area contributed by atoms with Gasteiger partial charge in [0.05, 0.1) is 5.69 Å². The summed E-state index contributed by atoms with van der Waals surface area (Å²) in [5, 5.41) is 5.10. The number of benzene rings is 1. The Morgan fingerprint density at radius 1 is 1.41 bits per heavy atom. The SMILES string of the molecule is CN(C)c1cccc(-c2csc(NC=O)n2)c1. The van der Waals surface area contributed by atoms with Crippen molar-refractivity contribution in [3.8, 4) is 11.3 Å². The molecular formula is C12H13N3OS. The first-order valence-electron chi connectivity index (χ1n) is 5.14. The molecule has 0 saturated heterocycles. The summed E-state index contributed by atoms with van der Waals surface area (Å²) in [6, 6.07) is 8.11.